The van der Waals surface area contributed by atoms with Gasteiger partial charge in [-0.1, -0.05) is 0 Å². The van der Waals surface area contributed by atoms with Crippen LogP contribution in [0.4, 0.5) is 0 Å². The smallest absolute Gasteiger partial charge is 0.320 e. The number of benzene rings is 1. The number of carboxylic acids is 1. The molecule has 3 N–H and O–H groups in total. The highest BCUT2D eigenvalue weighted by atomic mass is 16.4. The van der Waals surface area contributed by atoms with E-state index in [0.29, 0.717) is 6.42 Å². The van der Waals surface area contributed by atoms with E-state index in [4.69, 9.17) is 10.8 Å². The molecular formula is C14H21NO2. The van der Waals surface area contributed by atoms with Crippen LogP contribution in [0.2, 0.25) is 0 Å². The van der Waals surface area contributed by atoms with Crippen LogP contribution < -0.4 is 5.73 Å². The summed E-state index contributed by atoms with van der Waals surface area (Å²) in [6, 6.07) is -0.825. The van der Waals surface area contributed by atoms with Gasteiger partial charge in [0.05, 0.1) is 0 Å². The summed E-state index contributed by atoms with van der Waals surface area (Å²) in [5, 5.41) is 8.89. The van der Waals surface area contributed by atoms with E-state index in [1.807, 2.05) is 13.8 Å². The second kappa shape index (κ2) is 4.88. The van der Waals surface area contributed by atoms with Crippen LogP contribution in [0, 0.1) is 34.6 Å². The van der Waals surface area contributed by atoms with Gasteiger partial charge in [-0.3, -0.25) is 4.79 Å². The highest BCUT2D eigenvalue weighted by Crippen LogP contribution is 2.26. The van der Waals surface area contributed by atoms with Crippen molar-refractivity contribution in [3.05, 3.63) is 33.4 Å². The average molecular weight is 235 g/mol. The van der Waals surface area contributed by atoms with Crippen LogP contribution in [0.15, 0.2) is 0 Å². The molecule has 0 amide bonds. The molecule has 1 aromatic carbocycles. The number of hydrogen-bond donors (Lipinski definition) is 2. The monoisotopic (exact) mass is 235 g/mol. The molecule has 3 nitrogen and oxygen atoms in total. The fraction of sp³-hybridized carbons (Fsp3) is 0.500. The first-order valence-electron chi connectivity index (χ1n) is 5.81. The van der Waals surface area contributed by atoms with Crippen LogP contribution in [0.5, 0.6) is 0 Å². The molecule has 0 bridgehead atoms. The fourth-order valence-electron chi connectivity index (χ4n) is 2.19. The number of carboxylic acid groups (broad SMARTS) is 1. The van der Waals surface area contributed by atoms with Crippen LogP contribution in [0.1, 0.15) is 33.4 Å². The molecule has 0 saturated carbocycles. The van der Waals surface area contributed by atoms with Gasteiger partial charge >= 0.3 is 5.97 Å². The summed E-state index contributed by atoms with van der Waals surface area (Å²) in [5.41, 5.74) is 12.8. The molecule has 1 atom stereocenters. The van der Waals surface area contributed by atoms with E-state index >= 15 is 0 Å². The molecule has 0 spiro atoms. The minimum absolute atomic E-state index is 0.398. The molecule has 0 aliphatic heterocycles. The third kappa shape index (κ3) is 2.50. The van der Waals surface area contributed by atoms with Gasteiger partial charge in [-0.2, -0.15) is 0 Å². The minimum atomic E-state index is -0.945. The van der Waals surface area contributed by atoms with E-state index in [1.54, 1.807) is 0 Å². The van der Waals surface area contributed by atoms with Crippen molar-refractivity contribution in [2.45, 2.75) is 47.1 Å². The van der Waals surface area contributed by atoms with Crippen molar-refractivity contribution in [2.24, 2.45) is 5.73 Å². The van der Waals surface area contributed by atoms with E-state index in [9.17, 15) is 4.79 Å². The van der Waals surface area contributed by atoms with Gasteiger partial charge in [-0.25, -0.2) is 0 Å². The Morgan fingerprint density at radius 2 is 1.35 bits per heavy atom. The molecule has 0 radical (unpaired) electrons. The van der Waals surface area contributed by atoms with Gasteiger partial charge in [0.15, 0.2) is 0 Å². The first-order chi connectivity index (χ1) is 7.77. The molecule has 0 fully saturated rings. The third-order valence-electron chi connectivity index (χ3n) is 3.90. The maximum atomic E-state index is 10.8. The lowest BCUT2D eigenvalue weighted by Crippen LogP contribution is -2.33. The highest BCUT2D eigenvalue weighted by molar-refractivity contribution is 5.73. The maximum Gasteiger partial charge on any atom is 0.320 e. The largest absolute Gasteiger partial charge is 0.480 e. The maximum absolute atomic E-state index is 10.8. The summed E-state index contributed by atoms with van der Waals surface area (Å²) in [6.07, 6.45) is 0.398. The van der Waals surface area contributed by atoms with Crippen molar-refractivity contribution in [1.29, 1.82) is 0 Å². The molecule has 1 aromatic rings. The second-order valence-electron chi connectivity index (χ2n) is 4.75. The Bertz CT molecular complexity index is 435. The van der Waals surface area contributed by atoms with Gasteiger partial charge in [-0.15, -0.1) is 0 Å². The number of nitrogens with two attached hydrogens (primary N) is 1. The Hall–Kier alpha value is -1.35. The molecule has 17 heavy (non-hydrogen) atoms. The molecule has 0 saturated heterocycles. The van der Waals surface area contributed by atoms with Crippen LogP contribution in [0.25, 0.3) is 0 Å². The zero-order valence-corrected chi connectivity index (χ0v) is 11.2. The van der Waals surface area contributed by atoms with Crippen molar-refractivity contribution >= 4 is 5.97 Å². The summed E-state index contributed by atoms with van der Waals surface area (Å²) < 4.78 is 0. The molecule has 0 aliphatic rings. The predicted molar refractivity (Wildman–Crippen MR) is 69.4 cm³/mol. The minimum Gasteiger partial charge on any atom is -0.480 e. The van der Waals surface area contributed by atoms with Gasteiger partial charge in [-0.05, 0) is 74.4 Å². The Kier molecular flexibility index (Phi) is 3.94. The first kappa shape index (κ1) is 13.7. The number of aliphatic carboxylic acids is 1. The highest BCUT2D eigenvalue weighted by Gasteiger charge is 2.18. The van der Waals surface area contributed by atoms with Gasteiger partial charge in [0.2, 0.25) is 0 Å². The van der Waals surface area contributed by atoms with E-state index in [-0.39, 0.29) is 0 Å². The lowest BCUT2D eigenvalue weighted by Gasteiger charge is -2.19. The molecule has 3 heteroatoms. The van der Waals surface area contributed by atoms with E-state index < -0.39 is 12.0 Å². The quantitative estimate of drug-likeness (QED) is 0.844. The summed E-state index contributed by atoms with van der Waals surface area (Å²) in [6.45, 7) is 10.3. The normalized spacial score (nSPS) is 12.6. The van der Waals surface area contributed by atoms with E-state index in [1.165, 1.54) is 27.8 Å². The average Bonchev–Trinajstić information content (AvgIpc) is 2.29. The standard InChI is InChI=1S/C14H21NO2/c1-7-8(2)10(4)12(11(5)9(7)3)6-13(15)14(16)17/h13H,6,15H2,1-5H3,(H,16,17). The van der Waals surface area contributed by atoms with Crippen molar-refractivity contribution < 1.29 is 9.90 Å². The van der Waals surface area contributed by atoms with Gasteiger partial charge in [0.1, 0.15) is 6.04 Å². The van der Waals surface area contributed by atoms with Crippen LogP contribution in [0.3, 0.4) is 0 Å². The Balaban J connectivity index is 3.30. The lowest BCUT2D eigenvalue weighted by atomic mass is 9.87. The summed E-state index contributed by atoms with van der Waals surface area (Å²) in [4.78, 5) is 10.8. The Morgan fingerprint density at radius 3 is 1.71 bits per heavy atom. The fourth-order valence-corrected chi connectivity index (χ4v) is 2.19. The molecule has 1 unspecified atom stereocenters. The molecule has 0 heterocycles. The summed E-state index contributed by atoms with van der Waals surface area (Å²) in [5.74, 6) is -0.945. The second-order valence-corrected chi connectivity index (χ2v) is 4.75. The number of rotatable bonds is 3. The first-order valence-corrected chi connectivity index (χ1v) is 5.81. The lowest BCUT2D eigenvalue weighted by molar-refractivity contribution is -0.138. The molecular weight excluding hydrogens is 214 g/mol. The number of hydrogen-bond acceptors (Lipinski definition) is 2. The Morgan fingerprint density at radius 1 is 1.00 bits per heavy atom. The Labute approximate surface area is 103 Å². The molecule has 94 valence electrons. The molecule has 0 aliphatic carbocycles. The van der Waals surface area contributed by atoms with Crippen LogP contribution in [-0.2, 0) is 11.2 Å². The topological polar surface area (TPSA) is 63.3 Å². The van der Waals surface area contributed by atoms with Crippen molar-refractivity contribution in [2.75, 3.05) is 0 Å². The summed E-state index contributed by atoms with van der Waals surface area (Å²) in [7, 11) is 0. The molecule has 1 rings (SSSR count). The van der Waals surface area contributed by atoms with Gasteiger partial charge < -0.3 is 10.8 Å². The van der Waals surface area contributed by atoms with E-state index in [2.05, 4.69) is 20.8 Å². The van der Waals surface area contributed by atoms with Gasteiger partial charge in [0, 0.05) is 0 Å². The number of carbonyl (C=O) groups is 1. The van der Waals surface area contributed by atoms with Crippen molar-refractivity contribution in [3.63, 3.8) is 0 Å². The van der Waals surface area contributed by atoms with E-state index in [0.717, 1.165) is 5.56 Å². The SMILES string of the molecule is Cc1c(C)c(C)c(CC(N)C(=O)O)c(C)c1C. The summed E-state index contributed by atoms with van der Waals surface area (Å²) >= 11 is 0. The third-order valence-corrected chi connectivity index (χ3v) is 3.90. The zero-order valence-electron chi connectivity index (χ0n) is 11.2. The zero-order chi connectivity index (χ0) is 13.3. The van der Waals surface area contributed by atoms with Crippen molar-refractivity contribution in [1.82, 2.24) is 0 Å². The molecule has 0 aromatic heterocycles. The van der Waals surface area contributed by atoms with Crippen molar-refractivity contribution in [3.8, 4) is 0 Å². The van der Waals surface area contributed by atoms with Crippen LogP contribution >= 0.6 is 0 Å². The van der Waals surface area contributed by atoms with Gasteiger partial charge in [0.25, 0.3) is 0 Å². The van der Waals surface area contributed by atoms with Crippen LogP contribution in [-0.4, -0.2) is 17.1 Å². The predicted octanol–water partition coefficient (Wildman–Crippen LogP) is 2.18.